The van der Waals surface area contributed by atoms with Crippen molar-refractivity contribution in [1.82, 2.24) is 4.72 Å². The minimum Gasteiger partial charge on any atom is -0.495 e. The number of hydrogen-bond acceptors (Lipinski definition) is 6. The van der Waals surface area contributed by atoms with E-state index < -0.39 is 27.5 Å². The third-order valence-electron chi connectivity index (χ3n) is 3.25. The molecule has 0 aliphatic heterocycles. The van der Waals surface area contributed by atoms with Gasteiger partial charge in [0.2, 0.25) is 10.0 Å². The van der Waals surface area contributed by atoms with Gasteiger partial charge in [-0.2, -0.15) is 0 Å². The van der Waals surface area contributed by atoms with E-state index in [2.05, 4.69) is 9.46 Å². The number of rotatable bonds is 8. The lowest BCUT2D eigenvalue weighted by atomic mass is 10.0. The maximum absolute atomic E-state index is 12.6. The second kappa shape index (κ2) is 7.63. The Morgan fingerprint density at radius 1 is 1.25 bits per heavy atom. The number of carboxylic acids is 1. The number of benzene rings is 1. The van der Waals surface area contributed by atoms with Crippen molar-refractivity contribution in [2.75, 3.05) is 14.2 Å². The number of ether oxygens (including phenoxy) is 2. The SMILES string of the molecule is COC(=O)c1ccc(OC)c(S(=O)(=O)NC(C)(C)CCC(=O)O)c1. The Bertz CT molecular complexity index is 725. The number of nitrogens with one attached hydrogen (secondary N) is 1. The molecule has 24 heavy (non-hydrogen) atoms. The summed E-state index contributed by atoms with van der Waals surface area (Å²) in [5, 5.41) is 8.75. The number of aliphatic carboxylic acids is 1. The zero-order valence-electron chi connectivity index (χ0n) is 14.0. The molecule has 1 rings (SSSR count). The van der Waals surface area contributed by atoms with Crippen LogP contribution in [0.25, 0.3) is 0 Å². The Kier molecular flexibility index (Phi) is 6.33. The fourth-order valence-electron chi connectivity index (χ4n) is 2.02. The molecule has 0 aliphatic carbocycles. The van der Waals surface area contributed by atoms with Crippen molar-refractivity contribution in [3.8, 4) is 5.75 Å². The number of hydrogen-bond donors (Lipinski definition) is 2. The molecule has 0 aliphatic rings. The predicted molar refractivity (Wildman–Crippen MR) is 85.6 cm³/mol. The third kappa shape index (κ3) is 5.20. The smallest absolute Gasteiger partial charge is 0.337 e. The van der Waals surface area contributed by atoms with E-state index >= 15 is 0 Å². The highest BCUT2D eigenvalue weighted by atomic mass is 32.2. The minimum absolute atomic E-state index is 0.0574. The van der Waals surface area contributed by atoms with Crippen LogP contribution in [-0.2, 0) is 19.6 Å². The average Bonchev–Trinajstić information content (AvgIpc) is 2.50. The number of methoxy groups -OCH3 is 2. The zero-order valence-corrected chi connectivity index (χ0v) is 14.8. The second-order valence-electron chi connectivity index (χ2n) is 5.74. The van der Waals surface area contributed by atoms with Crippen molar-refractivity contribution in [3.05, 3.63) is 23.8 Å². The highest BCUT2D eigenvalue weighted by Gasteiger charge is 2.29. The molecule has 0 heterocycles. The average molecular weight is 359 g/mol. The van der Waals surface area contributed by atoms with E-state index in [1.807, 2.05) is 0 Å². The summed E-state index contributed by atoms with van der Waals surface area (Å²) in [5.41, 5.74) is -0.939. The van der Waals surface area contributed by atoms with Gasteiger partial charge in [-0.25, -0.2) is 17.9 Å². The van der Waals surface area contributed by atoms with E-state index in [0.29, 0.717) is 0 Å². The van der Waals surface area contributed by atoms with Crippen LogP contribution in [0.5, 0.6) is 5.75 Å². The van der Waals surface area contributed by atoms with Gasteiger partial charge in [0.15, 0.2) is 0 Å². The number of sulfonamides is 1. The van der Waals surface area contributed by atoms with E-state index in [-0.39, 0.29) is 29.1 Å². The van der Waals surface area contributed by atoms with E-state index in [0.717, 1.165) is 6.07 Å². The van der Waals surface area contributed by atoms with Gasteiger partial charge >= 0.3 is 11.9 Å². The fourth-order valence-corrected chi connectivity index (χ4v) is 3.66. The largest absolute Gasteiger partial charge is 0.495 e. The highest BCUT2D eigenvalue weighted by molar-refractivity contribution is 7.89. The van der Waals surface area contributed by atoms with Gasteiger partial charge in [-0.3, -0.25) is 4.79 Å². The van der Waals surface area contributed by atoms with Crippen molar-refractivity contribution in [2.24, 2.45) is 0 Å². The molecular formula is C15H21NO7S. The molecule has 0 unspecified atom stereocenters. The molecule has 0 radical (unpaired) electrons. The van der Waals surface area contributed by atoms with Crippen molar-refractivity contribution in [3.63, 3.8) is 0 Å². The summed E-state index contributed by atoms with van der Waals surface area (Å²) in [6.07, 6.45) is -0.0879. The molecule has 0 bridgehead atoms. The van der Waals surface area contributed by atoms with Crippen LogP contribution >= 0.6 is 0 Å². The first-order valence-corrected chi connectivity index (χ1v) is 8.53. The Hall–Kier alpha value is -2.13. The third-order valence-corrected chi connectivity index (χ3v) is 4.97. The van der Waals surface area contributed by atoms with E-state index in [1.165, 1.54) is 26.4 Å². The van der Waals surface area contributed by atoms with Crippen molar-refractivity contribution >= 4 is 22.0 Å². The lowest BCUT2D eigenvalue weighted by molar-refractivity contribution is -0.137. The molecule has 1 aromatic carbocycles. The van der Waals surface area contributed by atoms with Crippen LogP contribution in [0.2, 0.25) is 0 Å². The molecule has 0 fully saturated rings. The van der Waals surface area contributed by atoms with Crippen LogP contribution < -0.4 is 9.46 Å². The van der Waals surface area contributed by atoms with E-state index in [9.17, 15) is 18.0 Å². The number of carboxylic acid groups (broad SMARTS) is 1. The van der Waals surface area contributed by atoms with Gasteiger partial charge in [-0.1, -0.05) is 0 Å². The minimum atomic E-state index is -4.05. The summed E-state index contributed by atoms with van der Waals surface area (Å²) in [6.45, 7) is 3.15. The molecule has 0 amide bonds. The quantitative estimate of drug-likeness (QED) is 0.673. The first-order valence-electron chi connectivity index (χ1n) is 7.04. The molecule has 0 saturated carbocycles. The van der Waals surface area contributed by atoms with E-state index in [1.54, 1.807) is 13.8 Å². The summed E-state index contributed by atoms with van der Waals surface area (Å²) in [5.74, 6) is -1.64. The standard InChI is InChI=1S/C15H21NO7S/c1-15(2,8-7-13(17)18)16-24(20,21)12-9-10(14(19)23-4)5-6-11(12)22-3/h5-6,9,16H,7-8H2,1-4H3,(H,17,18). The zero-order chi connectivity index (χ0) is 18.5. The molecule has 8 nitrogen and oxygen atoms in total. The van der Waals surface area contributed by atoms with Gasteiger partial charge in [0.25, 0.3) is 0 Å². The predicted octanol–water partition coefficient (Wildman–Crippen LogP) is 1.40. The number of carbonyl (C=O) groups is 2. The van der Waals surface area contributed by atoms with Crippen LogP contribution in [0, 0.1) is 0 Å². The summed E-state index contributed by atoms with van der Waals surface area (Å²) in [4.78, 5) is 22.1. The monoisotopic (exact) mass is 359 g/mol. The molecule has 2 N–H and O–H groups in total. The van der Waals surface area contributed by atoms with Crippen molar-refractivity contribution in [2.45, 2.75) is 37.1 Å². The van der Waals surface area contributed by atoms with Gasteiger partial charge in [0.05, 0.1) is 19.8 Å². The van der Waals surface area contributed by atoms with Crippen LogP contribution in [0.1, 0.15) is 37.0 Å². The van der Waals surface area contributed by atoms with Crippen LogP contribution in [0.4, 0.5) is 0 Å². The molecular weight excluding hydrogens is 338 g/mol. The number of esters is 1. The summed E-state index contributed by atoms with van der Waals surface area (Å²) in [7, 11) is -1.55. The molecule has 1 aromatic rings. The molecule has 134 valence electrons. The first-order chi connectivity index (χ1) is 11.0. The Labute approximate surface area is 140 Å². The molecule has 0 spiro atoms. The topological polar surface area (TPSA) is 119 Å². The normalized spacial score (nSPS) is 11.8. The highest BCUT2D eigenvalue weighted by Crippen LogP contribution is 2.27. The first kappa shape index (κ1) is 19.9. The van der Waals surface area contributed by atoms with E-state index in [4.69, 9.17) is 9.84 Å². The molecule has 0 atom stereocenters. The van der Waals surface area contributed by atoms with Crippen LogP contribution in [-0.4, -0.2) is 45.2 Å². The Morgan fingerprint density at radius 2 is 1.88 bits per heavy atom. The lowest BCUT2D eigenvalue weighted by Crippen LogP contribution is -2.43. The van der Waals surface area contributed by atoms with Crippen molar-refractivity contribution < 1.29 is 32.6 Å². The fraction of sp³-hybridized carbons (Fsp3) is 0.467. The van der Waals surface area contributed by atoms with Crippen LogP contribution in [0.3, 0.4) is 0 Å². The van der Waals surface area contributed by atoms with Gasteiger partial charge in [-0.05, 0) is 38.5 Å². The maximum Gasteiger partial charge on any atom is 0.337 e. The maximum atomic E-state index is 12.6. The summed E-state index contributed by atoms with van der Waals surface area (Å²) >= 11 is 0. The summed E-state index contributed by atoms with van der Waals surface area (Å²) in [6, 6.07) is 3.89. The van der Waals surface area contributed by atoms with Gasteiger partial charge in [0, 0.05) is 12.0 Å². The molecule has 9 heteroatoms. The molecule has 0 aromatic heterocycles. The Balaban J connectivity index is 3.21. The lowest BCUT2D eigenvalue weighted by Gasteiger charge is -2.25. The van der Waals surface area contributed by atoms with Crippen LogP contribution in [0.15, 0.2) is 23.1 Å². The van der Waals surface area contributed by atoms with Gasteiger partial charge < -0.3 is 14.6 Å². The Morgan fingerprint density at radius 3 is 2.38 bits per heavy atom. The molecule has 0 saturated heterocycles. The second-order valence-corrected chi connectivity index (χ2v) is 7.39. The number of carbonyl (C=O) groups excluding carboxylic acids is 1. The van der Waals surface area contributed by atoms with Crippen molar-refractivity contribution in [1.29, 1.82) is 0 Å². The van der Waals surface area contributed by atoms with Gasteiger partial charge in [0.1, 0.15) is 10.6 Å². The summed E-state index contributed by atoms with van der Waals surface area (Å²) < 4.78 is 37.4. The van der Waals surface area contributed by atoms with Gasteiger partial charge in [-0.15, -0.1) is 0 Å².